The maximum Gasteiger partial charge on any atom is 0.0950 e. The van der Waals surface area contributed by atoms with Gasteiger partial charge in [0.25, 0.3) is 0 Å². The fourth-order valence-electron chi connectivity index (χ4n) is 2.64. The van der Waals surface area contributed by atoms with E-state index in [0.29, 0.717) is 6.04 Å². The van der Waals surface area contributed by atoms with Crippen LogP contribution < -0.4 is 10.2 Å². The molecular formula is C14H18N4. The lowest BCUT2D eigenvalue weighted by Crippen LogP contribution is -2.35. The summed E-state index contributed by atoms with van der Waals surface area (Å²) in [5.74, 6) is 0. The van der Waals surface area contributed by atoms with E-state index in [9.17, 15) is 0 Å². The van der Waals surface area contributed by atoms with E-state index in [1.807, 2.05) is 18.3 Å². The van der Waals surface area contributed by atoms with Crippen molar-refractivity contribution in [1.29, 1.82) is 0 Å². The van der Waals surface area contributed by atoms with Crippen molar-refractivity contribution < 1.29 is 0 Å². The SMILES string of the molecule is CN(CC1CCCN1)c1cnnc2ccccc12. The highest BCUT2D eigenvalue weighted by Crippen LogP contribution is 2.23. The van der Waals surface area contributed by atoms with Gasteiger partial charge >= 0.3 is 0 Å². The molecule has 1 saturated heterocycles. The molecule has 2 heterocycles. The quantitative estimate of drug-likeness (QED) is 0.891. The molecule has 2 aromatic rings. The Morgan fingerprint density at radius 1 is 1.39 bits per heavy atom. The number of aromatic nitrogens is 2. The number of hydrogen-bond donors (Lipinski definition) is 1. The molecule has 3 rings (SSSR count). The molecule has 94 valence electrons. The molecule has 1 unspecified atom stereocenters. The van der Waals surface area contributed by atoms with Gasteiger partial charge in [-0.2, -0.15) is 10.2 Å². The standard InChI is InChI=1S/C14H18N4/c1-18(10-11-5-4-8-15-11)14-9-16-17-13-7-3-2-6-12(13)14/h2-3,6-7,9,11,15H,4-5,8,10H2,1H3. The van der Waals surface area contributed by atoms with Gasteiger partial charge < -0.3 is 10.2 Å². The topological polar surface area (TPSA) is 41.0 Å². The Balaban J connectivity index is 1.88. The van der Waals surface area contributed by atoms with Crippen molar-refractivity contribution >= 4 is 16.6 Å². The molecule has 0 aliphatic carbocycles. The minimum Gasteiger partial charge on any atom is -0.371 e. The average molecular weight is 242 g/mol. The molecule has 4 heteroatoms. The molecule has 1 aliphatic heterocycles. The first kappa shape index (κ1) is 11.4. The largest absolute Gasteiger partial charge is 0.371 e. The molecule has 18 heavy (non-hydrogen) atoms. The molecule has 1 atom stereocenters. The van der Waals surface area contributed by atoms with E-state index in [-0.39, 0.29) is 0 Å². The van der Waals surface area contributed by atoms with Crippen molar-refractivity contribution in [2.45, 2.75) is 18.9 Å². The number of anilines is 1. The van der Waals surface area contributed by atoms with Gasteiger partial charge in [0.05, 0.1) is 17.4 Å². The van der Waals surface area contributed by atoms with Crippen LogP contribution in [0.3, 0.4) is 0 Å². The summed E-state index contributed by atoms with van der Waals surface area (Å²) in [6.45, 7) is 2.17. The monoisotopic (exact) mass is 242 g/mol. The van der Waals surface area contributed by atoms with Gasteiger partial charge in [-0.3, -0.25) is 0 Å². The molecule has 1 fully saturated rings. The maximum absolute atomic E-state index is 4.16. The van der Waals surface area contributed by atoms with Crippen LogP contribution in [0.15, 0.2) is 30.5 Å². The van der Waals surface area contributed by atoms with Gasteiger partial charge in [0, 0.05) is 25.0 Å². The first-order valence-corrected chi connectivity index (χ1v) is 6.49. The second-order valence-corrected chi connectivity index (χ2v) is 4.92. The van der Waals surface area contributed by atoms with Gasteiger partial charge in [0.15, 0.2) is 0 Å². The maximum atomic E-state index is 4.16. The van der Waals surface area contributed by atoms with Crippen molar-refractivity contribution in [3.63, 3.8) is 0 Å². The Kier molecular flexibility index (Phi) is 3.11. The van der Waals surface area contributed by atoms with E-state index in [4.69, 9.17) is 0 Å². The van der Waals surface area contributed by atoms with Crippen LogP contribution in [0.1, 0.15) is 12.8 Å². The molecule has 0 saturated carbocycles. The van der Waals surface area contributed by atoms with Crippen LogP contribution in [0.2, 0.25) is 0 Å². The number of likely N-dealkylation sites (N-methyl/N-ethyl adjacent to an activating group) is 1. The van der Waals surface area contributed by atoms with Crippen molar-refractivity contribution in [3.8, 4) is 0 Å². The van der Waals surface area contributed by atoms with Crippen LogP contribution in [-0.4, -0.2) is 36.4 Å². The summed E-state index contributed by atoms with van der Waals surface area (Å²) < 4.78 is 0. The van der Waals surface area contributed by atoms with Gasteiger partial charge in [-0.1, -0.05) is 18.2 Å². The molecule has 0 radical (unpaired) electrons. The number of hydrogen-bond acceptors (Lipinski definition) is 4. The minimum atomic E-state index is 0.599. The van der Waals surface area contributed by atoms with Gasteiger partial charge in [0.1, 0.15) is 0 Å². The van der Waals surface area contributed by atoms with Crippen molar-refractivity contribution in [2.24, 2.45) is 0 Å². The Hall–Kier alpha value is -1.68. The molecule has 1 aliphatic rings. The summed E-state index contributed by atoms with van der Waals surface area (Å²) in [7, 11) is 2.13. The molecule has 0 spiro atoms. The normalized spacial score (nSPS) is 19.3. The lowest BCUT2D eigenvalue weighted by molar-refractivity contribution is 0.600. The van der Waals surface area contributed by atoms with Gasteiger partial charge in [-0.05, 0) is 25.5 Å². The Bertz CT molecular complexity index is 529. The molecule has 1 aromatic heterocycles. The number of nitrogens with zero attached hydrogens (tertiary/aromatic N) is 3. The number of fused-ring (bicyclic) bond motifs is 1. The fraction of sp³-hybridized carbons (Fsp3) is 0.429. The van der Waals surface area contributed by atoms with Crippen molar-refractivity contribution in [3.05, 3.63) is 30.5 Å². The summed E-state index contributed by atoms with van der Waals surface area (Å²) in [6.07, 6.45) is 4.41. The van der Waals surface area contributed by atoms with Crippen LogP contribution in [0, 0.1) is 0 Å². The predicted octanol–water partition coefficient (Wildman–Crippen LogP) is 1.82. The van der Waals surface area contributed by atoms with Gasteiger partial charge in [-0.25, -0.2) is 0 Å². The number of rotatable bonds is 3. The first-order valence-electron chi connectivity index (χ1n) is 6.49. The van der Waals surface area contributed by atoms with Crippen molar-refractivity contribution in [1.82, 2.24) is 15.5 Å². The summed E-state index contributed by atoms with van der Waals surface area (Å²) in [5, 5.41) is 13.0. The second kappa shape index (κ2) is 4.90. The highest BCUT2D eigenvalue weighted by molar-refractivity contribution is 5.90. The highest BCUT2D eigenvalue weighted by Gasteiger charge is 2.17. The highest BCUT2D eigenvalue weighted by atomic mass is 15.2. The third-order valence-electron chi connectivity index (χ3n) is 3.59. The smallest absolute Gasteiger partial charge is 0.0950 e. The zero-order valence-electron chi connectivity index (χ0n) is 10.6. The number of nitrogens with one attached hydrogen (secondary N) is 1. The van der Waals surface area contributed by atoms with Crippen LogP contribution in [0.5, 0.6) is 0 Å². The third kappa shape index (κ3) is 2.16. The molecule has 0 bridgehead atoms. The van der Waals surface area contributed by atoms with E-state index in [1.54, 1.807) is 0 Å². The molecule has 4 nitrogen and oxygen atoms in total. The van der Waals surface area contributed by atoms with Crippen molar-refractivity contribution in [2.75, 3.05) is 25.0 Å². The summed E-state index contributed by atoms with van der Waals surface area (Å²) >= 11 is 0. The van der Waals surface area contributed by atoms with Gasteiger partial charge in [-0.15, -0.1) is 0 Å². The summed E-state index contributed by atoms with van der Waals surface area (Å²) in [5.41, 5.74) is 2.12. The fourth-order valence-corrected chi connectivity index (χ4v) is 2.64. The van der Waals surface area contributed by atoms with Crippen LogP contribution in [-0.2, 0) is 0 Å². The summed E-state index contributed by atoms with van der Waals surface area (Å²) in [4.78, 5) is 2.28. The number of benzene rings is 1. The predicted molar refractivity (Wildman–Crippen MR) is 73.8 cm³/mol. The van der Waals surface area contributed by atoms with E-state index in [1.165, 1.54) is 18.2 Å². The van der Waals surface area contributed by atoms with E-state index >= 15 is 0 Å². The zero-order valence-corrected chi connectivity index (χ0v) is 10.6. The van der Waals surface area contributed by atoms with E-state index in [0.717, 1.165) is 24.3 Å². The molecule has 0 amide bonds. The van der Waals surface area contributed by atoms with Gasteiger partial charge in [0.2, 0.25) is 0 Å². The van der Waals surface area contributed by atoms with Crippen LogP contribution >= 0.6 is 0 Å². The van der Waals surface area contributed by atoms with E-state index in [2.05, 4.69) is 39.6 Å². The Morgan fingerprint density at radius 3 is 3.11 bits per heavy atom. The lowest BCUT2D eigenvalue weighted by atomic mass is 10.1. The third-order valence-corrected chi connectivity index (χ3v) is 3.59. The molecule has 1 aromatic carbocycles. The molecule has 1 N–H and O–H groups in total. The lowest BCUT2D eigenvalue weighted by Gasteiger charge is -2.23. The zero-order chi connectivity index (χ0) is 12.4. The minimum absolute atomic E-state index is 0.599. The Labute approximate surface area is 107 Å². The van der Waals surface area contributed by atoms with Crippen LogP contribution in [0.25, 0.3) is 10.9 Å². The van der Waals surface area contributed by atoms with Crippen LogP contribution in [0.4, 0.5) is 5.69 Å². The average Bonchev–Trinajstić information content (AvgIpc) is 2.91. The first-order chi connectivity index (χ1) is 8.84. The molecular weight excluding hydrogens is 224 g/mol. The summed E-state index contributed by atoms with van der Waals surface area (Å²) in [6, 6.07) is 8.77. The van der Waals surface area contributed by atoms with E-state index < -0.39 is 0 Å². The Morgan fingerprint density at radius 2 is 2.28 bits per heavy atom. The second-order valence-electron chi connectivity index (χ2n) is 4.92.